The number of hydrogen-bond donors (Lipinski definition) is 1. The standard InChI is InChI=1S/C24H26ClNO2S/c1-4-13-24(3,23(27)28)21-14(2)26-22-20(16-10-6-8-12-18(16)29-22)19(21)15-9-5-7-11-17(15)25/h5,7,9,11H,4,6,8,10,12-13H2,1-3H3,(H,27,28). The maximum absolute atomic E-state index is 12.5. The van der Waals surface area contributed by atoms with Gasteiger partial charge in [-0.05, 0) is 68.7 Å². The Kier molecular flexibility index (Phi) is 5.43. The summed E-state index contributed by atoms with van der Waals surface area (Å²) in [6.45, 7) is 5.82. The van der Waals surface area contributed by atoms with Gasteiger partial charge in [0.2, 0.25) is 0 Å². The molecule has 0 fully saturated rings. The average Bonchev–Trinajstić information content (AvgIpc) is 3.05. The summed E-state index contributed by atoms with van der Waals surface area (Å²) in [5.74, 6) is -0.805. The predicted molar refractivity (Wildman–Crippen MR) is 121 cm³/mol. The summed E-state index contributed by atoms with van der Waals surface area (Å²) >= 11 is 8.44. The van der Waals surface area contributed by atoms with Gasteiger partial charge in [-0.1, -0.05) is 43.1 Å². The third kappa shape index (κ3) is 3.27. The summed E-state index contributed by atoms with van der Waals surface area (Å²) < 4.78 is 0. The first-order chi connectivity index (χ1) is 13.9. The lowest BCUT2D eigenvalue weighted by atomic mass is 9.73. The van der Waals surface area contributed by atoms with E-state index in [2.05, 4.69) is 0 Å². The highest BCUT2D eigenvalue weighted by Crippen LogP contribution is 2.48. The average molecular weight is 428 g/mol. The van der Waals surface area contributed by atoms with E-state index in [0.29, 0.717) is 11.4 Å². The number of carbonyl (C=O) groups is 1. The second-order valence-corrected chi connectivity index (χ2v) is 9.70. The molecule has 0 saturated carbocycles. The number of rotatable bonds is 5. The van der Waals surface area contributed by atoms with Gasteiger partial charge in [-0.3, -0.25) is 4.79 Å². The number of nitrogens with zero attached hydrogens (tertiary/aromatic N) is 1. The molecule has 1 unspecified atom stereocenters. The highest BCUT2D eigenvalue weighted by Gasteiger charge is 2.40. The van der Waals surface area contributed by atoms with Crippen LogP contribution in [0, 0.1) is 6.92 Å². The molecule has 4 rings (SSSR count). The smallest absolute Gasteiger partial charge is 0.313 e. The fourth-order valence-electron chi connectivity index (χ4n) is 4.85. The van der Waals surface area contributed by atoms with E-state index in [1.165, 1.54) is 16.9 Å². The Hall–Kier alpha value is -1.91. The fourth-order valence-corrected chi connectivity index (χ4v) is 6.40. The Labute approximate surface area is 180 Å². The molecule has 0 saturated heterocycles. The Morgan fingerprint density at radius 1 is 1.28 bits per heavy atom. The molecule has 2 heterocycles. The van der Waals surface area contributed by atoms with Crippen molar-refractivity contribution in [2.75, 3.05) is 0 Å². The van der Waals surface area contributed by atoms with Gasteiger partial charge in [0.15, 0.2) is 0 Å². The molecule has 3 nitrogen and oxygen atoms in total. The third-order valence-corrected chi connectivity index (χ3v) is 7.72. The van der Waals surface area contributed by atoms with Crippen molar-refractivity contribution in [3.05, 3.63) is 51.0 Å². The van der Waals surface area contributed by atoms with E-state index in [4.69, 9.17) is 16.6 Å². The third-order valence-electron chi connectivity index (χ3n) is 6.20. The first-order valence-electron chi connectivity index (χ1n) is 10.3. The van der Waals surface area contributed by atoms with E-state index in [-0.39, 0.29) is 0 Å². The van der Waals surface area contributed by atoms with Crippen molar-refractivity contribution in [2.45, 2.75) is 64.7 Å². The lowest BCUT2D eigenvalue weighted by Gasteiger charge is -2.30. The number of carboxylic acids is 1. The van der Waals surface area contributed by atoms with Crippen LogP contribution in [-0.2, 0) is 23.1 Å². The van der Waals surface area contributed by atoms with Crippen LogP contribution in [0.5, 0.6) is 0 Å². The van der Waals surface area contributed by atoms with Crippen molar-refractivity contribution in [1.82, 2.24) is 4.98 Å². The van der Waals surface area contributed by atoms with Crippen LogP contribution in [0.3, 0.4) is 0 Å². The molecule has 1 atom stereocenters. The largest absolute Gasteiger partial charge is 0.481 e. The molecule has 0 bridgehead atoms. The van der Waals surface area contributed by atoms with Gasteiger partial charge < -0.3 is 5.11 Å². The zero-order valence-corrected chi connectivity index (χ0v) is 18.7. The normalized spacial score (nSPS) is 15.9. The summed E-state index contributed by atoms with van der Waals surface area (Å²) in [5.41, 5.74) is 3.84. The van der Waals surface area contributed by atoms with Crippen LogP contribution in [0.15, 0.2) is 24.3 Å². The van der Waals surface area contributed by atoms with Gasteiger partial charge in [-0.2, -0.15) is 0 Å². The molecule has 1 aliphatic carbocycles. The summed E-state index contributed by atoms with van der Waals surface area (Å²) in [6.07, 6.45) is 5.81. The minimum atomic E-state index is -1.02. The van der Waals surface area contributed by atoms with Crippen molar-refractivity contribution in [3.63, 3.8) is 0 Å². The first kappa shape index (κ1) is 20.4. The van der Waals surface area contributed by atoms with Gasteiger partial charge in [0.05, 0.1) is 5.41 Å². The van der Waals surface area contributed by atoms with E-state index in [1.54, 1.807) is 11.3 Å². The summed E-state index contributed by atoms with van der Waals surface area (Å²) in [4.78, 5) is 19.9. The van der Waals surface area contributed by atoms with Crippen LogP contribution in [-0.4, -0.2) is 16.1 Å². The predicted octanol–water partition coefficient (Wildman–Crippen LogP) is 6.95. The van der Waals surface area contributed by atoms with Crippen LogP contribution < -0.4 is 0 Å². The lowest BCUT2D eigenvalue weighted by molar-refractivity contribution is -0.143. The number of carboxylic acid groups (broad SMARTS) is 1. The Balaban J connectivity index is 2.18. The number of aryl methyl sites for hydroxylation is 3. The topological polar surface area (TPSA) is 50.2 Å². The van der Waals surface area contributed by atoms with Crippen LogP contribution >= 0.6 is 22.9 Å². The van der Waals surface area contributed by atoms with E-state index in [0.717, 1.165) is 58.3 Å². The van der Waals surface area contributed by atoms with Gasteiger partial charge in [-0.25, -0.2) is 4.98 Å². The van der Waals surface area contributed by atoms with Crippen LogP contribution in [0.4, 0.5) is 0 Å². The van der Waals surface area contributed by atoms with Gasteiger partial charge in [0.1, 0.15) is 4.83 Å². The van der Waals surface area contributed by atoms with Crippen LogP contribution in [0.1, 0.15) is 61.2 Å². The molecule has 0 aliphatic heterocycles. The lowest BCUT2D eigenvalue weighted by Crippen LogP contribution is -2.34. The fraction of sp³-hybridized carbons (Fsp3) is 0.417. The molecule has 1 aromatic carbocycles. The number of pyridine rings is 1. The number of halogens is 1. The monoisotopic (exact) mass is 427 g/mol. The highest BCUT2D eigenvalue weighted by atomic mass is 35.5. The van der Waals surface area contributed by atoms with Crippen molar-refractivity contribution < 1.29 is 9.90 Å². The number of aromatic nitrogens is 1. The second kappa shape index (κ2) is 7.73. The van der Waals surface area contributed by atoms with Crippen LogP contribution in [0.2, 0.25) is 5.02 Å². The Morgan fingerprint density at radius 3 is 2.69 bits per heavy atom. The molecule has 3 aromatic rings. The number of thiophene rings is 1. The molecule has 1 N–H and O–H groups in total. The number of benzene rings is 1. The molecule has 2 aromatic heterocycles. The number of fused-ring (bicyclic) bond motifs is 3. The first-order valence-corrected chi connectivity index (χ1v) is 11.5. The van der Waals surface area contributed by atoms with Gasteiger partial charge in [0.25, 0.3) is 0 Å². The van der Waals surface area contributed by atoms with E-state index < -0.39 is 11.4 Å². The summed E-state index contributed by atoms with van der Waals surface area (Å²) in [6, 6.07) is 7.80. The molecule has 152 valence electrons. The number of hydrogen-bond acceptors (Lipinski definition) is 3. The molecule has 1 aliphatic rings. The molecule has 0 amide bonds. The summed E-state index contributed by atoms with van der Waals surface area (Å²) in [7, 11) is 0. The maximum Gasteiger partial charge on any atom is 0.313 e. The van der Waals surface area contributed by atoms with E-state index >= 15 is 0 Å². The molecular formula is C24H26ClNO2S. The quantitative estimate of drug-likeness (QED) is 0.479. The highest BCUT2D eigenvalue weighted by molar-refractivity contribution is 7.19. The van der Waals surface area contributed by atoms with E-state index in [9.17, 15) is 9.90 Å². The maximum atomic E-state index is 12.5. The van der Waals surface area contributed by atoms with Crippen LogP contribution in [0.25, 0.3) is 21.3 Å². The Bertz CT molecular complexity index is 1100. The minimum absolute atomic E-state index is 0.556. The zero-order chi connectivity index (χ0) is 20.8. The minimum Gasteiger partial charge on any atom is -0.481 e. The van der Waals surface area contributed by atoms with Gasteiger partial charge >= 0.3 is 5.97 Å². The van der Waals surface area contributed by atoms with Crippen molar-refractivity contribution in [2.24, 2.45) is 0 Å². The molecule has 29 heavy (non-hydrogen) atoms. The van der Waals surface area contributed by atoms with Gasteiger partial charge in [-0.15, -0.1) is 11.3 Å². The number of aliphatic carboxylic acids is 1. The second-order valence-electron chi connectivity index (χ2n) is 8.21. The molecule has 5 heteroatoms. The molecule has 0 radical (unpaired) electrons. The zero-order valence-electron chi connectivity index (χ0n) is 17.1. The SMILES string of the molecule is CCCC(C)(C(=O)O)c1c(C)nc2sc3c(c2c1-c1ccccc1Cl)CCCC3. The van der Waals surface area contributed by atoms with Crippen molar-refractivity contribution >= 4 is 39.1 Å². The molecular weight excluding hydrogens is 402 g/mol. The Morgan fingerprint density at radius 2 is 2.00 bits per heavy atom. The van der Waals surface area contributed by atoms with E-state index in [1.807, 2.05) is 45.0 Å². The molecule has 0 spiro atoms. The summed E-state index contributed by atoms with van der Waals surface area (Å²) in [5, 5.41) is 12.1. The van der Waals surface area contributed by atoms with Crippen molar-refractivity contribution in [1.29, 1.82) is 0 Å². The van der Waals surface area contributed by atoms with Gasteiger partial charge in [0, 0.05) is 26.5 Å². The van der Waals surface area contributed by atoms with Crippen molar-refractivity contribution in [3.8, 4) is 11.1 Å².